The van der Waals surface area contributed by atoms with Crippen LogP contribution in [0, 0.1) is 5.92 Å². The van der Waals surface area contributed by atoms with Gasteiger partial charge in [0.1, 0.15) is 5.92 Å². The average Bonchev–Trinajstić information content (AvgIpc) is 2.88. The Hall–Kier alpha value is -2.21. The molecule has 0 unspecified atom stereocenters. The van der Waals surface area contributed by atoms with Crippen LogP contribution in [0.15, 0.2) is 24.3 Å². The molecule has 1 aliphatic rings. The van der Waals surface area contributed by atoms with Gasteiger partial charge in [-0.1, -0.05) is 0 Å². The van der Waals surface area contributed by atoms with E-state index in [1.54, 1.807) is 29.2 Å². The van der Waals surface area contributed by atoms with Crippen molar-refractivity contribution in [3.05, 3.63) is 29.8 Å². The summed E-state index contributed by atoms with van der Waals surface area (Å²) in [7, 11) is 3.86. The molecule has 0 bridgehead atoms. The van der Waals surface area contributed by atoms with Gasteiger partial charge in [-0.3, -0.25) is 14.4 Å². The number of benzene rings is 1. The summed E-state index contributed by atoms with van der Waals surface area (Å²) in [5.74, 6) is -1.02. The van der Waals surface area contributed by atoms with Crippen LogP contribution >= 0.6 is 0 Å². The molecule has 0 aliphatic carbocycles. The largest absolute Gasteiger partial charge is 0.354 e. The van der Waals surface area contributed by atoms with Crippen LogP contribution in [0.25, 0.3) is 0 Å². The lowest BCUT2D eigenvalue weighted by molar-refractivity contribution is -0.132. The van der Waals surface area contributed by atoms with Crippen LogP contribution in [-0.4, -0.2) is 56.2 Å². The lowest BCUT2D eigenvalue weighted by Crippen LogP contribution is -2.39. The molecule has 1 aliphatic heterocycles. The standard InChI is InChI=1S/C17H23N3O3/c1-12(21)13-4-6-14(7-5-13)20-10-8-15(17(20)23)16(22)18-9-11-19(2)3/h4-7,15H,8-11H2,1-3H3,(H,18,22)/t15-/m0/s1. The first-order chi connectivity index (χ1) is 10.9. The molecule has 1 fully saturated rings. The van der Waals surface area contributed by atoms with E-state index in [4.69, 9.17) is 0 Å². The molecule has 1 aromatic carbocycles. The number of anilines is 1. The van der Waals surface area contributed by atoms with E-state index < -0.39 is 5.92 Å². The molecule has 1 aromatic rings. The monoisotopic (exact) mass is 317 g/mol. The number of hydrogen-bond acceptors (Lipinski definition) is 4. The second kappa shape index (κ2) is 7.37. The lowest BCUT2D eigenvalue weighted by Gasteiger charge is -2.17. The van der Waals surface area contributed by atoms with E-state index in [1.807, 2.05) is 19.0 Å². The normalized spacial score (nSPS) is 17.7. The lowest BCUT2D eigenvalue weighted by atomic mass is 10.1. The molecule has 6 nitrogen and oxygen atoms in total. The zero-order valence-corrected chi connectivity index (χ0v) is 13.8. The van der Waals surface area contributed by atoms with Gasteiger partial charge in [0.05, 0.1) is 0 Å². The van der Waals surface area contributed by atoms with E-state index in [1.165, 1.54) is 6.92 Å². The van der Waals surface area contributed by atoms with Crippen LogP contribution in [0.5, 0.6) is 0 Å². The Labute approximate surface area is 136 Å². The van der Waals surface area contributed by atoms with Crippen molar-refractivity contribution in [2.75, 3.05) is 38.6 Å². The van der Waals surface area contributed by atoms with Gasteiger partial charge < -0.3 is 15.1 Å². The smallest absolute Gasteiger partial charge is 0.239 e. The Balaban J connectivity index is 1.98. The summed E-state index contributed by atoms with van der Waals surface area (Å²) in [4.78, 5) is 39.5. The predicted molar refractivity (Wildman–Crippen MR) is 88.5 cm³/mol. The first-order valence-electron chi connectivity index (χ1n) is 7.75. The fourth-order valence-electron chi connectivity index (χ4n) is 2.58. The van der Waals surface area contributed by atoms with Crippen molar-refractivity contribution < 1.29 is 14.4 Å². The molecule has 6 heteroatoms. The van der Waals surface area contributed by atoms with Gasteiger partial charge in [0.2, 0.25) is 11.8 Å². The fourth-order valence-corrected chi connectivity index (χ4v) is 2.58. The van der Waals surface area contributed by atoms with Crippen LogP contribution in [0.1, 0.15) is 23.7 Å². The number of carbonyl (C=O) groups is 3. The van der Waals surface area contributed by atoms with Crippen molar-refractivity contribution in [3.63, 3.8) is 0 Å². The Morgan fingerprint density at radius 3 is 2.48 bits per heavy atom. The molecule has 23 heavy (non-hydrogen) atoms. The highest BCUT2D eigenvalue weighted by molar-refractivity contribution is 6.09. The molecule has 0 aromatic heterocycles. The zero-order valence-electron chi connectivity index (χ0n) is 13.8. The van der Waals surface area contributed by atoms with Crippen molar-refractivity contribution in [3.8, 4) is 0 Å². The number of amides is 2. The van der Waals surface area contributed by atoms with Gasteiger partial charge >= 0.3 is 0 Å². The average molecular weight is 317 g/mol. The number of likely N-dealkylation sites (N-methyl/N-ethyl adjacent to an activating group) is 1. The van der Waals surface area contributed by atoms with E-state index in [0.717, 1.165) is 12.2 Å². The third kappa shape index (κ3) is 4.16. The minimum Gasteiger partial charge on any atom is -0.354 e. The van der Waals surface area contributed by atoms with E-state index in [0.29, 0.717) is 25.1 Å². The first kappa shape index (κ1) is 17.1. The second-order valence-corrected chi connectivity index (χ2v) is 6.03. The highest BCUT2D eigenvalue weighted by Gasteiger charge is 2.37. The SMILES string of the molecule is CC(=O)c1ccc(N2CC[C@@H](C(=O)NCCN(C)C)C2=O)cc1. The highest BCUT2D eigenvalue weighted by atomic mass is 16.2. The van der Waals surface area contributed by atoms with Gasteiger partial charge in [-0.05, 0) is 51.7 Å². The van der Waals surface area contributed by atoms with Gasteiger partial charge in [-0.15, -0.1) is 0 Å². The number of rotatable bonds is 6. The van der Waals surface area contributed by atoms with Crippen LogP contribution in [-0.2, 0) is 9.59 Å². The summed E-state index contributed by atoms with van der Waals surface area (Å²) in [5.41, 5.74) is 1.34. The third-order valence-electron chi connectivity index (χ3n) is 3.97. The third-order valence-corrected chi connectivity index (χ3v) is 3.97. The fraction of sp³-hybridized carbons (Fsp3) is 0.471. The minimum atomic E-state index is -0.621. The van der Waals surface area contributed by atoms with Gasteiger partial charge in [0.15, 0.2) is 5.78 Å². The number of carbonyl (C=O) groups excluding carboxylic acids is 3. The minimum absolute atomic E-state index is 0.0116. The Morgan fingerprint density at radius 2 is 1.91 bits per heavy atom. The van der Waals surface area contributed by atoms with Crippen LogP contribution in [0.4, 0.5) is 5.69 Å². The number of nitrogens with zero attached hydrogens (tertiary/aromatic N) is 2. The molecule has 1 saturated heterocycles. The summed E-state index contributed by atoms with van der Waals surface area (Å²) in [6.07, 6.45) is 0.515. The highest BCUT2D eigenvalue weighted by Crippen LogP contribution is 2.25. The number of Topliss-reactive ketones (excluding diaryl/α,β-unsaturated/α-hetero) is 1. The van der Waals surface area contributed by atoms with Crippen molar-refractivity contribution in [2.45, 2.75) is 13.3 Å². The summed E-state index contributed by atoms with van der Waals surface area (Å²) in [6.45, 7) is 3.29. The van der Waals surface area contributed by atoms with E-state index in [-0.39, 0.29) is 17.6 Å². The van der Waals surface area contributed by atoms with Crippen molar-refractivity contribution >= 4 is 23.3 Å². The Bertz CT molecular complexity index is 596. The Kier molecular flexibility index (Phi) is 5.50. The van der Waals surface area contributed by atoms with E-state index in [2.05, 4.69) is 5.32 Å². The van der Waals surface area contributed by atoms with Gasteiger partial charge in [0, 0.05) is 30.9 Å². The van der Waals surface area contributed by atoms with Crippen molar-refractivity contribution in [1.82, 2.24) is 10.2 Å². The van der Waals surface area contributed by atoms with Crippen LogP contribution in [0.2, 0.25) is 0 Å². The molecule has 0 spiro atoms. The maximum absolute atomic E-state index is 12.5. The quantitative estimate of drug-likeness (QED) is 0.626. The molecule has 2 amide bonds. The maximum Gasteiger partial charge on any atom is 0.239 e. The molecule has 1 heterocycles. The first-order valence-corrected chi connectivity index (χ1v) is 7.75. The molecule has 0 saturated carbocycles. The van der Waals surface area contributed by atoms with Gasteiger partial charge in [-0.25, -0.2) is 0 Å². The maximum atomic E-state index is 12.5. The van der Waals surface area contributed by atoms with Crippen molar-refractivity contribution in [1.29, 1.82) is 0 Å². The summed E-state index contributed by atoms with van der Waals surface area (Å²) < 4.78 is 0. The van der Waals surface area contributed by atoms with Crippen LogP contribution in [0.3, 0.4) is 0 Å². The van der Waals surface area contributed by atoms with Crippen LogP contribution < -0.4 is 10.2 Å². The summed E-state index contributed by atoms with van der Waals surface area (Å²) in [5, 5.41) is 2.81. The van der Waals surface area contributed by atoms with Gasteiger partial charge in [-0.2, -0.15) is 0 Å². The summed E-state index contributed by atoms with van der Waals surface area (Å²) in [6, 6.07) is 6.91. The summed E-state index contributed by atoms with van der Waals surface area (Å²) >= 11 is 0. The molecule has 0 radical (unpaired) electrons. The zero-order chi connectivity index (χ0) is 17.0. The molecule has 124 valence electrons. The molecular formula is C17H23N3O3. The van der Waals surface area contributed by atoms with E-state index in [9.17, 15) is 14.4 Å². The van der Waals surface area contributed by atoms with Crippen molar-refractivity contribution in [2.24, 2.45) is 5.92 Å². The second-order valence-electron chi connectivity index (χ2n) is 6.03. The predicted octanol–water partition coefficient (Wildman–Crippen LogP) is 0.920. The Morgan fingerprint density at radius 1 is 1.26 bits per heavy atom. The number of nitrogens with one attached hydrogen (secondary N) is 1. The number of ketones is 1. The molecule has 1 N–H and O–H groups in total. The topological polar surface area (TPSA) is 69.7 Å². The molecular weight excluding hydrogens is 294 g/mol. The van der Waals surface area contributed by atoms with E-state index >= 15 is 0 Å². The molecule has 2 rings (SSSR count). The van der Waals surface area contributed by atoms with Gasteiger partial charge in [0.25, 0.3) is 0 Å². The molecule has 1 atom stereocenters. The number of hydrogen-bond donors (Lipinski definition) is 1.